The fourth-order valence-corrected chi connectivity index (χ4v) is 2.16. The second kappa shape index (κ2) is 4.47. The minimum Gasteiger partial charge on any atom is -0.300 e. The Morgan fingerprint density at radius 2 is 2.18 bits per heavy atom. The van der Waals surface area contributed by atoms with Crippen molar-refractivity contribution >= 4 is 22.5 Å². The number of hydrogen-bond donors (Lipinski definition) is 1. The van der Waals surface area contributed by atoms with E-state index in [0.29, 0.717) is 10.9 Å². The highest BCUT2D eigenvalue weighted by molar-refractivity contribution is 6.28. The third-order valence-corrected chi connectivity index (χ3v) is 3.17. The van der Waals surface area contributed by atoms with Crippen LogP contribution in [0.1, 0.15) is 18.7 Å². The Morgan fingerprint density at radius 1 is 1.47 bits per heavy atom. The second-order valence-corrected chi connectivity index (χ2v) is 4.33. The smallest absolute Gasteiger partial charge is 0.263 e. The van der Waals surface area contributed by atoms with E-state index in [1.807, 2.05) is 26.0 Å². The van der Waals surface area contributed by atoms with Gasteiger partial charge in [0.15, 0.2) is 0 Å². The average Bonchev–Trinajstić information content (AvgIpc) is 2.28. The first-order valence-corrected chi connectivity index (χ1v) is 5.78. The lowest BCUT2D eigenvalue weighted by Crippen LogP contribution is -2.32. The molecule has 1 unspecified atom stereocenters. The summed E-state index contributed by atoms with van der Waals surface area (Å²) in [6.45, 7) is 3.76. The number of halogens is 1. The number of nitrogens with one attached hydrogen (secondary N) is 1. The molecule has 0 saturated carbocycles. The van der Waals surface area contributed by atoms with Crippen LogP contribution in [0.2, 0.25) is 5.28 Å². The molecule has 1 aromatic carbocycles. The molecule has 4 nitrogen and oxygen atoms in total. The highest BCUT2D eigenvalue weighted by atomic mass is 35.5. The number of fused-ring (bicyclic) bond motifs is 1. The van der Waals surface area contributed by atoms with Crippen molar-refractivity contribution in [3.8, 4) is 0 Å². The predicted molar refractivity (Wildman–Crippen MR) is 69.5 cm³/mol. The van der Waals surface area contributed by atoms with E-state index in [1.54, 1.807) is 13.1 Å². The zero-order valence-electron chi connectivity index (χ0n) is 9.99. The van der Waals surface area contributed by atoms with E-state index in [1.165, 1.54) is 4.57 Å². The zero-order valence-corrected chi connectivity index (χ0v) is 10.7. The lowest BCUT2D eigenvalue weighted by Gasteiger charge is -2.16. The van der Waals surface area contributed by atoms with Gasteiger partial charge in [-0.3, -0.25) is 9.36 Å². The molecule has 0 aliphatic rings. The van der Waals surface area contributed by atoms with Gasteiger partial charge in [-0.05, 0) is 44.1 Å². The van der Waals surface area contributed by atoms with Crippen molar-refractivity contribution in [2.75, 3.05) is 7.05 Å². The Labute approximate surface area is 104 Å². The van der Waals surface area contributed by atoms with Gasteiger partial charge in [0.05, 0.1) is 17.1 Å². The fourth-order valence-electron chi connectivity index (χ4n) is 1.85. The molecule has 0 bridgehead atoms. The highest BCUT2D eigenvalue weighted by Crippen LogP contribution is 2.16. The molecular formula is C12H14ClN3O. The summed E-state index contributed by atoms with van der Waals surface area (Å²) in [5.41, 5.74) is 1.44. The maximum Gasteiger partial charge on any atom is 0.263 e. The summed E-state index contributed by atoms with van der Waals surface area (Å²) in [4.78, 5) is 16.6. The molecule has 0 saturated heterocycles. The van der Waals surface area contributed by atoms with Gasteiger partial charge < -0.3 is 5.32 Å². The van der Waals surface area contributed by atoms with E-state index in [9.17, 15) is 4.79 Å². The molecule has 0 aliphatic heterocycles. The molecule has 0 aliphatic carbocycles. The summed E-state index contributed by atoms with van der Waals surface area (Å²) >= 11 is 6.05. The van der Waals surface area contributed by atoms with E-state index in [-0.39, 0.29) is 17.0 Å². The Kier molecular flexibility index (Phi) is 3.17. The standard InChI is InChI=1S/C12H14ClN3O/c1-7-5-4-6-9-10(7)11(17)16(8(2)14-3)12(13)15-9/h4-6,8,14H,1-3H3. The molecule has 2 aromatic rings. The monoisotopic (exact) mass is 251 g/mol. The maximum absolute atomic E-state index is 12.4. The summed E-state index contributed by atoms with van der Waals surface area (Å²) in [5, 5.41) is 3.81. The SMILES string of the molecule is CNC(C)n1c(Cl)nc2cccc(C)c2c1=O. The van der Waals surface area contributed by atoms with Crippen LogP contribution >= 0.6 is 11.6 Å². The van der Waals surface area contributed by atoms with Crippen LogP contribution in [0.25, 0.3) is 10.9 Å². The van der Waals surface area contributed by atoms with Crippen LogP contribution in [-0.4, -0.2) is 16.6 Å². The third kappa shape index (κ3) is 1.94. The minimum atomic E-state index is -0.188. The topological polar surface area (TPSA) is 46.9 Å². The summed E-state index contributed by atoms with van der Waals surface area (Å²) in [6, 6.07) is 5.56. The Bertz CT molecular complexity index is 621. The summed E-state index contributed by atoms with van der Waals surface area (Å²) < 4.78 is 1.46. The summed E-state index contributed by atoms with van der Waals surface area (Å²) in [6.07, 6.45) is -0.188. The van der Waals surface area contributed by atoms with Gasteiger partial charge in [-0.25, -0.2) is 4.98 Å². The lowest BCUT2D eigenvalue weighted by molar-refractivity contribution is 0.461. The largest absolute Gasteiger partial charge is 0.300 e. The van der Waals surface area contributed by atoms with Gasteiger partial charge in [0.2, 0.25) is 5.28 Å². The number of rotatable bonds is 2. The van der Waals surface area contributed by atoms with Crippen LogP contribution in [-0.2, 0) is 0 Å². The van der Waals surface area contributed by atoms with E-state index in [0.717, 1.165) is 5.56 Å². The molecule has 2 rings (SSSR count). The van der Waals surface area contributed by atoms with Crippen molar-refractivity contribution in [2.24, 2.45) is 0 Å². The van der Waals surface area contributed by atoms with Crippen molar-refractivity contribution in [3.05, 3.63) is 39.4 Å². The van der Waals surface area contributed by atoms with Crippen LogP contribution < -0.4 is 10.9 Å². The second-order valence-electron chi connectivity index (χ2n) is 3.99. The Balaban J connectivity index is 2.88. The van der Waals surface area contributed by atoms with Crippen LogP contribution in [0.4, 0.5) is 0 Å². The molecular weight excluding hydrogens is 238 g/mol. The minimum absolute atomic E-state index is 0.111. The first kappa shape index (κ1) is 12.1. The predicted octanol–water partition coefficient (Wildman–Crippen LogP) is 2.10. The first-order chi connectivity index (χ1) is 8.06. The zero-order chi connectivity index (χ0) is 12.6. The fraction of sp³-hybridized carbons (Fsp3) is 0.333. The molecule has 1 N–H and O–H groups in total. The number of aromatic nitrogens is 2. The van der Waals surface area contributed by atoms with Crippen molar-refractivity contribution in [3.63, 3.8) is 0 Å². The number of benzene rings is 1. The van der Waals surface area contributed by atoms with Crippen molar-refractivity contribution in [2.45, 2.75) is 20.0 Å². The Morgan fingerprint density at radius 3 is 2.82 bits per heavy atom. The van der Waals surface area contributed by atoms with Gasteiger partial charge in [0, 0.05) is 0 Å². The molecule has 0 spiro atoms. The van der Waals surface area contributed by atoms with Crippen molar-refractivity contribution in [1.29, 1.82) is 0 Å². The van der Waals surface area contributed by atoms with Gasteiger partial charge in [-0.1, -0.05) is 12.1 Å². The van der Waals surface area contributed by atoms with Gasteiger partial charge in [0.25, 0.3) is 5.56 Å². The van der Waals surface area contributed by atoms with Gasteiger partial charge >= 0.3 is 0 Å². The molecule has 1 atom stereocenters. The Hall–Kier alpha value is -1.39. The lowest BCUT2D eigenvalue weighted by atomic mass is 10.1. The van der Waals surface area contributed by atoms with Crippen molar-refractivity contribution in [1.82, 2.24) is 14.9 Å². The average molecular weight is 252 g/mol. The summed E-state index contributed by atoms with van der Waals surface area (Å²) in [5.74, 6) is 0. The number of nitrogens with zero attached hydrogens (tertiary/aromatic N) is 2. The van der Waals surface area contributed by atoms with E-state index >= 15 is 0 Å². The van der Waals surface area contributed by atoms with Crippen LogP contribution in [0.15, 0.2) is 23.0 Å². The van der Waals surface area contributed by atoms with Crippen LogP contribution in [0, 0.1) is 6.92 Å². The van der Waals surface area contributed by atoms with Crippen LogP contribution in [0.5, 0.6) is 0 Å². The molecule has 1 aromatic heterocycles. The van der Waals surface area contributed by atoms with E-state index in [2.05, 4.69) is 10.3 Å². The normalized spacial score (nSPS) is 12.9. The van der Waals surface area contributed by atoms with Gasteiger partial charge in [-0.15, -0.1) is 0 Å². The third-order valence-electron chi connectivity index (χ3n) is 2.90. The maximum atomic E-state index is 12.4. The molecule has 0 fully saturated rings. The molecule has 1 heterocycles. The molecule has 5 heteroatoms. The summed E-state index contributed by atoms with van der Waals surface area (Å²) in [7, 11) is 1.77. The van der Waals surface area contributed by atoms with Gasteiger partial charge in [-0.2, -0.15) is 0 Å². The van der Waals surface area contributed by atoms with Crippen LogP contribution in [0.3, 0.4) is 0 Å². The molecule has 0 radical (unpaired) electrons. The first-order valence-electron chi connectivity index (χ1n) is 5.41. The van der Waals surface area contributed by atoms with Gasteiger partial charge in [0.1, 0.15) is 0 Å². The molecule has 0 amide bonds. The van der Waals surface area contributed by atoms with E-state index in [4.69, 9.17) is 11.6 Å². The number of aryl methyl sites for hydroxylation is 1. The quantitative estimate of drug-likeness (QED) is 0.832. The highest BCUT2D eigenvalue weighted by Gasteiger charge is 2.14. The van der Waals surface area contributed by atoms with Crippen molar-refractivity contribution < 1.29 is 0 Å². The van der Waals surface area contributed by atoms with E-state index < -0.39 is 0 Å². The number of hydrogen-bond acceptors (Lipinski definition) is 3. The molecule has 90 valence electrons. The molecule has 17 heavy (non-hydrogen) atoms.